The number of aromatic nitrogens is 2. The van der Waals surface area contributed by atoms with Gasteiger partial charge in [0.2, 0.25) is 5.91 Å². The molecule has 2 aromatic rings. The predicted octanol–water partition coefficient (Wildman–Crippen LogP) is 2.95. The van der Waals surface area contributed by atoms with E-state index in [0.29, 0.717) is 11.6 Å². The van der Waals surface area contributed by atoms with Crippen LogP contribution in [0.5, 0.6) is 0 Å². The Balaban J connectivity index is 1.46. The summed E-state index contributed by atoms with van der Waals surface area (Å²) in [5.41, 5.74) is 3.87. The van der Waals surface area contributed by atoms with E-state index in [4.69, 9.17) is 4.74 Å². The van der Waals surface area contributed by atoms with Gasteiger partial charge < -0.3 is 10.1 Å². The van der Waals surface area contributed by atoms with Crippen LogP contribution in [0.3, 0.4) is 0 Å². The molecule has 1 amide bonds. The lowest BCUT2D eigenvalue weighted by atomic mass is 10.2. The number of amides is 1. The molecule has 1 aromatic heterocycles. The molecule has 2 heterocycles. The van der Waals surface area contributed by atoms with Crippen molar-refractivity contribution in [2.24, 2.45) is 0 Å². The fourth-order valence-corrected chi connectivity index (χ4v) is 4.82. The first-order chi connectivity index (χ1) is 13.6. The van der Waals surface area contributed by atoms with Crippen molar-refractivity contribution in [3.05, 3.63) is 51.6 Å². The monoisotopic (exact) mass is 399 g/mol. The van der Waals surface area contributed by atoms with Crippen LogP contribution in [0.2, 0.25) is 0 Å². The Kier molecular flexibility index (Phi) is 5.82. The lowest BCUT2D eigenvalue weighted by Crippen LogP contribution is -2.31. The zero-order valence-electron chi connectivity index (χ0n) is 16.1. The van der Waals surface area contributed by atoms with Crippen molar-refractivity contribution >= 4 is 23.4 Å². The summed E-state index contributed by atoms with van der Waals surface area (Å²) in [7, 11) is 0. The lowest BCUT2D eigenvalue weighted by molar-refractivity contribution is -0.113. The van der Waals surface area contributed by atoms with Gasteiger partial charge in [-0.2, -0.15) is 4.98 Å². The molecule has 0 radical (unpaired) electrons. The number of hydrogen-bond acceptors (Lipinski definition) is 5. The number of thioether (sulfide) groups is 1. The molecule has 0 spiro atoms. The van der Waals surface area contributed by atoms with Crippen LogP contribution in [-0.4, -0.2) is 33.9 Å². The third kappa shape index (κ3) is 4.31. The van der Waals surface area contributed by atoms with Crippen LogP contribution < -0.4 is 11.0 Å². The van der Waals surface area contributed by atoms with Crippen LogP contribution in [0, 0.1) is 6.92 Å². The highest BCUT2D eigenvalue weighted by Gasteiger charge is 2.25. The molecule has 7 heteroatoms. The van der Waals surface area contributed by atoms with Gasteiger partial charge in [0.05, 0.1) is 18.4 Å². The van der Waals surface area contributed by atoms with Gasteiger partial charge in [0.15, 0.2) is 0 Å². The molecule has 4 rings (SSSR count). The molecular formula is C21H25N3O3S. The molecule has 2 aliphatic rings. The summed E-state index contributed by atoms with van der Waals surface area (Å²) < 4.78 is 7.50. The topological polar surface area (TPSA) is 73.2 Å². The first-order valence-electron chi connectivity index (χ1n) is 9.83. The first kappa shape index (κ1) is 19.2. The molecule has 1 saturated heterocycles. The van der Waals surface area contributed by atoms with Crippen molar-refractivity contribution in [2.45, 2.75) is 56.7 Å². The molecule has 1 aliphatic carbocycles. The normalized spacial score (nSPS) is 18.2. The van der Waals surface area contributed by atoms with Crippen LogP contribution in [0.4, 0.5) is 5.69 Å². The Morgan fingerprint density at radius 2 is 2.25 bits per heavy atom. The highest BCUT2D eigenvalue weighted by Crippen LogP contribution is 2.30. The van der Waals surface area contributed by atoms with E-state index >= 15 is 0 Å². The van der Waals surface area contributed by atoms with Crippen LogP contribution in [0.15, 0.2) is 34.1 Å². The van der Waals surface area contributed by atoms with Gasteiger partial charge in [0.25, 0.3) is 0 Å². The molecule has 148 valence electrons. The number of nitrogens with zero attached hydrogens (tertiary/aromatic N) is 2. The Hall–Kier alpha value is -2.12. The molecule has 0 saturated carbocycles. The quantitative estimate of drug-likeness (QED) is 0.597. The van der Waals surface area contributed by atoms with Gasteiger partial charge in [0.1, 0.15) is 5.03 Å². The van der Waals surface area contributed by atoms with Crippen LogP contribution in [-0.2, 0) is 28.9 Å². The van der Waals surface area contributed by atoms with Crippen LogP contribution in [0.1, 0.15) is 36.1 Å². The zero-order valence-corrected chi connectivity index (χ0v) is 16.9. The second-order valence-electron chi connectivity index (χ2n) is 7.43. The van der Waals surface area contributed by atoms with E-state index in [-0.39, 0.29) is 23.5 Å². The van der Waals surface area contributed by atoms with Gasteiger partial charge in [-0.25, -0.2) is 4.79 Å². The van der Waals surface area contributed by atoms with E-state index in [1.54, 1.807) is 4.57 Å². The maximum Gasteiger partial charge on any atom is 0.348 e. The minimum absolute atomic E-state index is 0.0901. The maximum absolute atomic E-state index is 12.6. The molecule has 0 bridgehead atoms. The summed E-state index contributed by atoms with van der Waals surface area (Å²) in [5.74, 6) is 0.149. The molecule has 28 heavy (non-hydrogen) atoms. The van der Waals surface area contributed by atoms with E-state index in [9.17, 15) is 9.59 Å². The number of benzene rings is 1. The smallest absolute Gasteiger partial charge is 0.348 e. The summed E-state index contributed by atoms with van der Waals surface area (Å²) >= 11 is 1.36. The van der Waals surface area contributed by atoms with E-state index in [2.05, 4.69) is 10.3 Å². The fraction of sp³-hybridized carbons (Fsp3) is 0.476. The van der Waals surface area contributed by atoms with Gasteiger partial charge in [-0.05, 0) is 56.7 Å². The summed E-state index contributed by atoms with van der Waals surface area (Å²) in [4.78, 5) is 29.3. The summed E-state index contributed by atoms with van der Waals surface area (Å²) in [5, 5.41) is 3.62. The molecule has 1 aliphatic heterocycles. The van der Waals surface area contributed by atoms with Gasteiger partial charge in [-0.3, -0.25) is 9.36 Å². The van der Waals surface area contributed by atoms with Gasteiger partial charge in [-0.1, -0.05) is 23.9 Å². The molecule has 1 atom stereocenters. The average molecular weight is 400 g/mol. The summed E-state index contributed by atoms with van der Waals surface area (Å²) in [6.07, 6.45) is 4.99. The molecule has 6 nitrogen and oxygen atoms in total. The number of carbonyl (C=O) groups excluding carboxylic acids is 1. The summed E-state index contributed by atoms with van der Waals surface area (Å²) in [6, 6.07) is 7.71. The number of carbonyl (C=O) groups is 1. The Labute approximate surface area is 168 Å². The fourth-order valence-electron chi connectivity index (χ4n) is 3.94. The highest BCUT2D eigenvalue weighted by molar-refractivity contribution is 8.00. The molecule has 1 fully saturated rings. The molecule has 1 aromatic carbocycles. The van der Waals surface area contributed by atoms with Crippen LogP contribution >= 0.6 is 11.8 Å². The van der Waals surface area contributed by atoms with Gasteiger partial charge >= 0.3 is 5.69 Å². The second kappa shape index (κ2) is 8.49. The largest absolute Gasteiger partial charge is 0.376 e. The minimum atomic E-state index is -0.224. The number of hydrogen-bond donors (Lipinski definition) is 1. The molecule has 1 N–H and O–H groups in total. The maximum atomic E-state index is 12.6. The number of nitrogens with one attached hydrogen (secondary N) is 1. The van der Waals surface area contributed by atoms with Crippen molar-refractivity contribution < 1.29 is 9.53 Å². The number of anilines is 1. The highest BCUT2D eigenvalue weighted by atomic mass is 32.2. The van der Waals surface area contributed by atoms with Crippen molar-refractivity contribution in [3.8, 4) is 0 Å². The average Bonchev–Trinajstić information content (AvgIpc) is 3.34. The van der Waals surface area contributed by atoms with E-state index in [1.165, 1.54) is 11.8 Å². The number of ether oxygens (including phenoxy) is 1. The third-order valence-corrected chi connectivity index (χ3v) is 6.27. The van der Waals surface area contributed by atoms with E-state index in [0.717, 1.165) is 61.2 Å². The Bertz CT molecular complexity index is 935. The minimum Gasteiger partial charge on any atom is -0.376 e. The van der Waals surface area contributed by atoms with Gasteiger partial charge in [0, 0.05) is 23.6 Å². The molecular weight excluding hydrogens is 374 g/mol. The first-order valence-corrected chi connectivity index (χ1v) is 10.8. The Morgan fingerprint density at radius 3 is 3.04 bits per heavy atom. The van der Waals surface area contributed by atoms with Gasteiger partial charge in [-0.15, -0.1) is 0 Å². The van der Waals surface area contributed by atoms with Crippen molar-refractivity contribution in [2.75, 3.05) is 17.7 Å². The standard InChI is InChI=1S/C21H25N3O3S/c1-14-5-2-6-15(11-14)22-19(25)13-28-20-17-8-3-9-18(17)24(21(26)23-20)12-16-7-4-10-27-16/h2,5-6,11,16H,3-4,7-10,12-13H2,1H3,(H,22,25)/t16-/m1/s1. The lowest BCUT2D eigenvalue weighted by Gasteiger charge is -2.17. The van der Waals surface area contributed by atoms with Crippen LogP contribution in [0.25, 0.3) is 0 Å². The number of aryl methyl sites for hydroxylation is 1. The second-order valence-corrected chi connectivity index (χ2v) is 8.39. The Morgan fingerprint density at radius 1 is 1.36 bits per heavy atom. The third-order valence-electron chi connectivity index (χ3n) is 5.25. The number of rotatable bonds is 6. The molecule has 0 unspecified atom stereocenters. The SMILES string of the molecule is Cc1cccc(NC(=O)CSc2nc(=O)n(C[C@H]3CCCO3)c3c2CCC3)c1. The predicted molar refractivity (Wildman–Crippen MR) is 110 cm³/mol. The van der Waals surface area contributed by atoms with Crippen molar-refractivity contribution in [3.63, 3.8) is 0 Å². The number of fused-ring (bicyclic) bond motifs is 1. The zero-order chi connectivity index (χ0) is 19.5. The van der Waals surface area contributed by atoms with E-state index < -0.39 is 0 Å². The summed E-state index contributed by atoms with van der Waals surface area (Å²) in [6.45, 7) is 3.36. The van der Waals surface area contributed by atoms with Crippen molar-refractivity contribution in [1.82, 2.24) is 9.55 Å². The van der Waals surface area contributed by atoms with Crippen molar-refractivity contribution in [1.29, 1.82) is 0 Å². The van der Waals surface area contributed by atoms with E-state index in [1.807, 2.05) is 31.2 Å².